The molecule has 0 heterocycles. The first-order valence-corrected chi connectivity index (χ1v) is 6.78. The van der Waals surface area contributed by atoms with Gasteiger partial charge < -0.3 is 25.7 Å². The van der Waals surface area contributed by atoms with E-state index in [0.29, 0.717) is 12.1 Å². The highest BCUT2D eigenvalue weighted by Gasteiger charge is 2.10. The average Bonchev–Trinajstić information content (AvgIpc) is 2.50. The lowest BCUT2D eigenvalue weighted by Gasteiger charge is -2.11. The zero-order chi connectivity index (χ0) is 15.2. The van der Waals surface area contributed by atoms with Gasteiger partial charge >= 0.3 is 0 Å². The first-order chi connectivity index (χ1) is 10.1. The molecule has 5 nitrogen and oxygen atoms in total. The number of aliphatic hydroxyl groups excluding tert-OH is 1. The molecule has 0 fully saturated rings. The topological polar surface area (TPSA) is 93.0 Å². The predicted octanol–water partition coefficient (Wildman–Crippen LogP) is 2.34. The first-order valence-electron chi connectivity index (χ1n) is 6.78. The minimum absolute atomic E-state index is 0.165. The van der Waals surface area contributed by atoms with Crippen molar-refractivity contribution in [1.29, 1.82) is 0 Å². The molecule has 0 spiro atoms. The Morgan fingerprint density at radius 1 is 0.952 bits per heavy atom. The third-order valence-corrected chi connectivity index (χ3v) is 3.25. The number of anilines is 1. The summed E-state index contributed by atoms with van der Waals surface area (Å²) < 4.78 is 0. The van der Waals surface area contributed by atoms with Crippen molar-refractivity contribution in [3.63, 3.8) is 0 Å². The molecule has 0 radical (unpaired) electrons. The van der Waals surface area contributed by atoms with Crippen molar-refractivity contribution in [2.24, 2.45) is 0 Å². The quantitative estimate of drug-likeness (QED) is 0.526. The van der Waals surface area contributed by atoms with Gasteiger partial charge in [-0.1, -0.05) is 12.1 Å². The Morgan fingerprint density at radius 3 is 2.52 bits per heavy atom. The van der Waals surface area contributed by atoms with Gasteiger partial charge in [0.1, 0.15) is 0 Å². The summed E-state index contributed by atoms with van der Waals surface area (Å²) in [6.45, 7) is 0.488. The molecule has 5 N–H and O–H groups in total. The van der Waals surface area contributed by atoms with Crippen molar-refractivity contribution < 1.29 is 20.4 Å². The van der Waals surface area contributed by atoms with Gasteiger partial charge in [0.15, 0.2) is 11.5 Å². The molecule has 2 aromatic carbocycles. The highest BCUT2D eigenvalue weighted by Crippen LogP contribution is 2.37. The Morgan fingerprint density at radius 2 is 1.76 bits per heavy atom. The third-order valence-electron chi connectivity index (χ3n) is 3.25. The highest BCUT2D eigenvalue weighted by atomic mass is 16.3. The van der Waals surface area contributed by atoms with E-state index >= 15 is 0 Å². The lowest BCUT2D eigenvalue weighted by atomic mass is 10.1. The van der Waals surface area contributed by atoms with Gasteiger partial charge in [0.2, 0.25) is 5.75 Å². The summed E-state index contributed by atoms with van der Waals surface area (Å²) in [5.41, 5.74) is 2.50. The van der Waals surface area contributed by atoms with Crippen molar-refractivity contribution in [3.05, 3.63) is 47.5 Å². The Kier molecular flexibility index (Phi) is 4.90. The number of hydrogen-bond donors (Lipinski definition) is 5. The van der Waals surface area contributed by atoms with E-state index < -0.39 is 5.75 Å². The van der Waals surface area contributed by atoms with Crippen LogP contribution in [-0.2, 0) is 13.0 Å². The van der Waals surface area contributed by atoms with Crippen LogP contribution in [0.4, 0.5) is 5.69 Å². The molecular formula is C16H19NO4. The zero-order valence-corrected chi connectivity index (χ0v) is 11.6. The fraction of sp³-hybridized carbons (Fsp3) is 0.250. The van der Waals surface area contributed by atoms with E-state index in [-0.39, 0.29) is 18.1 Å². The number of phenolic OH excluding ortho intramolecular Hbond substituents is 3. The van der Waals surface area contributed by atoms with E-state index in [0.717, 1.165) is 24.1 Å². The maximum Gasteiger partial charge on any atom is 0.200 e. The van der Waals surface area contributed by atoms with E-state index in [2.05, 4.69) is 5.32 Å². The summed E-state index contributed by atoms with van der Waals surface area (Å²) in [5, 5.41) is 40.5. The minimum atomic E-state index is -0.508. The Balaban J connectivity index is 2.04. The molecule has 0 aliphatic heterocycles. The van der Waals surface area contributed by atoms with Crippen molar-refractivity contribution in [2.75, 3.05) is 11.9 Å². The molecule has 0 aliphatic carbocycles. The largest absolute Gasteiger partial charge is 0.504 e. The summed E-state index contributed by atoms with van der Waals surface area (Å²) >= 11 is 0. The van der Waals surface area contributed by atoms with E-state index in [9.17, 15) is 15.3 Å². The van der Waals surface area contributed by atoms with Gasteiger partial charge in [0, 0.05) is 24.4 Å². The summed E-state index contributed by atoms with van der Waals surface area (Å²) in [7, 11) is 0. The lowest BCUT2D eigenvalue weighted by molar-refractivity contribution is 0.288. The molecule has 0 atom stereocenters. The van der Waals surface area contributed by atoms with Crippen LogP contribution in [0.2, 0.25) is 0 Å². The first kappa shape index (κ1) is 15.0. The van der Waals surface area contributed by atoms with E-state index in [1.54, 1.807) is 6.07 Å². The normalized spacial score (nSPS) is 10.5. The van der Waals surface area contributed by atoms with Crippen LogP contribution < -0.4 is 5.32 Å². The zero-order valence-electron chi connectivity index (χ0n) is 11.6. The lowest BCUT2D eigenvalue weighted by Crippen LogP contribution is -2.00. The van der Waals surface area contributed by atoms with E-state index in [1.165, 1.54) is 6.07 Å². The van der Waals surface area contributed by atoms with Crippen molar-refractivity contribution >= 4 is 5.69 Å². The predicted molar refractivity (Wildman–Crippen MR) is 80.6 cm³/mol. The Bertz CT molecular complexity index is 613. The molecule has 112 valence electrons. The number of phenols is 3. The van der Waals surface area contributed by atoms with Gasteiger partial charge in [-0.2, -0.15) is 0 Å². The summed E-state index contributed by atoms with van der Waals surface area (Å²) in [6, 6.07) is 10.7. The van der Waals surface area contributed by atoms with Crippen LogP contribution in [0.1, 0.15) is 17.5 Å². The molecule has 21 heavy (non-hydrogen) atoms. The molecule has 0 saturated carbocycles. The number of benzene rings is 2. The van der Waals surface area contributed by atoms with Crippen molar-refractivity contribution in [3.8, 4) is 17.2 Å². The van der Waals surface area contributed by atoms with Gasteiger partial charge in [-0.05, 0) is 42.7 Å². The van der Waals surface area contributed by atoms with Gasteiger partial charge in [0.05, 0.1) is 0 Å². The van der Waals surface area contributed by atoms with E-state index in [1.807, 2.05) is 24.3 Å². The van der Waals surface area contributed by atoms with Crippen LogP contribution in [0.5, 0.6) is 17.2 Å². The maximum absolute atomic E-state index is 9.75. The van der Waals surface area contributed by atoms with Crippen LogP contribution in [0.3, 0.4) is 0 Å². The molecule has 5 heteroatoms. The molecular weight excluding hydrogens is 270 g/mol. The fourth-order valence-corrected chi connectivity index (χ4v) is 2.07. The molecule has 0 aromatic heterocycles. The molecule has 0 bridgehead atoms. The third kappa shape index (κ3) is 3.79. The summed E-state index contributed by atoms with van der Waals surface area (Å²) in [5.74, 6) is -1.17. The summed E-state index contributed by atoms with van der Waals surface area (Å²) in [4.78, 5) is 0. The highest BCUT2D eigenvalue weighted by molar-refractivity contribution is 5.54. The van der Waals surface area contributed by atoms with Crippen LogP contribution in [-0.4, -0.2) is 27.0 Å². The van der Waals surface area contributed by atoms with Crippen molar-refractivity contribution in [1.82, 2.24) is 0 Å². The van der Waals surface area contributed by atoms with Gasteiger partial charge in [-0.15, -0.1) is 0 Å². The second-order valence-corrected chi connectivity index (χ2v) is 4.82. The molecule has 0 saturated heterocycles. The molecule has 0 unspecified atom stereocenters. The van der Waals surface area contributed by atoms with Gasteiger partial charge in [0.25, 0.3) is 0 Å². The molecule has 2 rings (SSSR count). The van der Waals surface area contributed by atoms with Gasteiger partial charge in [-0.3, -0.25) is 0 Å². The molecule has 0 amide bonds. The fourth-order valence-electron chi connectivity index (χ4n) is 2.07. The smallest absolute Gasteiger partial charge is 0.200 e. The Labute approximate surface area is 123 Å². The Hall–Kier alpha value is -2.40. The SMILES string of the molecule is OCCCc1cccc(NCc2ccc(O)c(O)c2O)c1. The number of hydrogen-bond acceptors (Lipinski definition) is 5. The van der Waals surface area contributed by atoms with Crippen LogP contribution in [0.25, 0.3) is 0 Å². The second-order valence-electron chi connectivity index (χ2n) is 4.82. The maximum atomic E-state index is 9.75. The number of nitrogens with one attached hydrogen (secondary N) is 1. The average molecular weight is 289 g/mol. The van der Waals surface area contributed by atoms with E-state index in [4.69, 9.17) is 5.11 Å². The second kappa shape index (κ2) is 6.85. The number of aryl methyl sites for hydroxylation is 1. The minimum Gasteiger partial charge on any atom is -0.504 e. The number of aliphatic hydroxyl groups is 1. The number of aromatic hydroxyl groups is 3. The van der Waals surface area contributed by atoms with Crippen LogP contribution >= 0.6 is 0 Å². The van der Waals surface area contributed by atoms with Crippen LogP contribution in [0, 0.1) is 0 Å². The van der Waals surface area contributed by atoms with Gasteiger partial charge in [-0.25, -0.2) is 0 Å². The molecule has 2 aromatic rings. The monoisotopic (exact) mass is 289 g/mol. The van der Waals surface area contributed by atoms with Crippen LogP contribution in [0.15, 0.2) is 36.4 Å². The summed E-state index contributed by atoms with van der Waals surface area (Å²) in [6.07, 6.45) is 1.52. The molecule has 0 aliphatic rings. The van der Waals surface area contributed by atoms with Crippen molar-refractivity contribution in [2.45, 2.75) is 19.4 Å². The standard InChI is InChI=1S/C16H19NO4/c18-8-2-4-11-3-1-5-13(9-11)17-10-12-6-7-14(19)16(21)15(12)20/h1,3,5-7,9,17-21H,2,4,8,10H2. The number of rotatable bonds is 6.